The van der Waals surface area contributed by atoms with Crippen molar-refractivity contribution in [2.45, 2.75) is 13.0 Å². The smallest absolute Gasteiger partial charge is 0.328 e. The highest BCUT2D eigenvalue weighted by molar-refractivity contribution is 5.96. The first-order chi connectivity index (χ1) is 6.07. The lowest BCUT2D eigenvalue weighted by atomic mass is 10.3. The van der Waals surface area contributed by atoms with Crippen LogP contribution in [-0.4, -0.2) is 29.9 Å². The average molecular weight is 181 g/mol. The molecule has 0 aliphatic carbocycles. The zero-order valence-electron chi connectivity index (χ0n) is 7.61. The van der Waals surface area contributed by atoms with E-state index in [-0.39, 0.29) is 5.91 Å². The zero-order valence-corrected chi connectivity index (χ0v) is 7.61. The largest absolute Gasteiger partial charge is 0.467 e. The standard InChI is InChI=1S/C9H11NO3/c1-6-4-5-8(11)10(6)7(2)9(12)13-3/h4-5,7H,1H2,2-3H3/t7-/m0/s1. The molecule has 1 heterocycles. The van der Waals surface area contributed by atoms with Gasteiger partial charge in [-0.05, 0) is 13.0 Å². The van der Waals surface area contributed by atoms with Crippen molar-refractivity contribution in [3.63, 3.8) is 0 Å². The quantitative estimate of drug-likeness (QED) is 0.581. The first kappa shape index (κ1) is 9.51. The van der Waals surface area contributed by atoms with E-state index in [0.717, 1.165) is 0 Å². The van der Waals surface area contributed by atoms with Crippen LogP contribution in [0.4, 0.5) is 0 Å². The van der Waals surface area contributed by atoms with Crippen LogP contribution in [0, 0.1) is 0 Å². The van der Waals surface area contributed by atoms with Crippen LogP contribution in [0.2, 0.25) is 0 Å². The third kappa shape index (κ3) is 1.61. The third-order valence-corrected chi connectivity index (χ3v) is 1.89. The van der Waals surface area contributed by atoms with Crippen molar-refractivity contribution in [3.8, 4) is 0 Å². The second-order valence-corrected chi connectivity index (χ2v) is 2.73. The minimum absolute atomic E-state index is 0.233. The second-order valence-electron chi connectivity index (χ2n) is 2.73. The third-order valence-electron chi connectivity index (χ3n) is 1.89. The van der Waals surface area contributed by atoms with Gasteiger partial charge in [0.1, 0.15) is 6.04 Å². The maximum atomic E-state index is 11.2. The van der Waals surface area contributed by atoms with E-state index in [9.17, 15) is 9.59 Å². The number of methoxy groups -OCH3 is 1. The Bertz CT molecular complexity index is 275. The topological polar surface area (TPSA) is 46.6 Å². The number of amides is 1. The van der Waals surface area contributed by atoms with Crippen molar-refractivity contribution >= 4 is 11.9 Å². The lowest BCUT2D eigenvalue weighted by Gasteiger charge is -2.22. The zero-order chi connectivity index (χ0) is 10.0. The highest BCUT2D eigenvalue weighted by Crippen LogP contribution is 2.17. The number of carbonyl (C=O) groups is 2. The number of allylic oxidation sites excluding steroid dienone is 1. The van der Waals surface area contributed by atoms with Crippen molar-refractivity contribution in [1.29, 1.82) is 0 Å². The molecule has 0 unspecified atom stereocenters. The summed E-state index contributed by atoms with van der Waals surface area (Å²) in [7, 11) is 1.29. The van der Waals surface area contributed by atoms with Crippen LogP contribution in [0.1, 0.15) is 6.92 Å². The number of ether oxygens (including phenoxy) is 1. The van der Waals surface area contributed by atoms with Crippen LogP contribution in [0.25, 0.3) is 0 Å². The Morgan fingerprint density at radius 2 is 2.23 bits per heavy atom. The monoisotopic (exact) mass is 181 g/mol. The number of carbonyl (C=O) groups excluding carboxylic acids is 2. The van der Waals surface area contributed by atoms with Crippen LogP contribution in [0.5, 0.6) is 0 Å². The van der Waals surface area contributed by atoms with E-state index in [1.165, 1.54) is 18.1 Å². The van der Waals surface area contributed by atoms with Crippen molar-refractivity contribution in [3.05, 3.63) is 24.4 Å². The average Bonchev–Trinajstić information content (AvgIpc) is 2.44. The van der Waals surface area contributed by atoms with Gasteiger partial charge in [-0.3, -0.25) is 9.69 Å². The van der Waals surface area contributed by atoms with Gasteiger partial charge in [-0.25, -0.2) is 4.79 Å². The molecule has 4 heteroatoms. The Labute approximate surface area is 76.5 Å². The summed E-state index contributed by atoms with van der Waals surface area (Å²) < 4.78 is 4.52. The van der Waals surface area contributed by atoms with Gasteiger partial charge in [-0.15, -0.1) is 0 Å². The van der Waals surface area contributed by atoms with E-state index in [0.29, 0.717) is 5.70 Å². The first-order valence-electron chi connectivity index (χ1n) is 3.86. The van der Waals surface area contributed by atoms with Gasteiger partial charge in [0, 0.05) is 11.8 Å². The fraction of sp³-hybridized carbons (Fsp3) is 0.333. The minimum atomic E-state index is -0.611. The molecular weight excluding hydrogens is 170 g/mol. The molecule has 0 fully saturated rings. The Hall–Kier alpha value is -1.58. The van der Waals surface area contributed by atoms with Gasteiger partial charge in [0.2, 0.25) is 0 Å². The molecule has 1 amide bonds. The molecule has 1 atom stereocenters. The van der Waals surface area contributed by atoms with Crippen molar-refractivity contribution < 1.29 is 14.3 Å². The maximum absolute atomic E-state index is 11.2. The normalized spacial score (nSPS) is 17.8. The van der Waals surface area contributed by atoms with Crippen LogP contribution in [0.15, 0.2) is 24.4 Å². The molecule has 1 aliphatic heterocycles. The van der Waals surface area contributed by atoms with E-state index in [1.54, 1.807) is 13.0 Å². The van der Waals surface area contributed by atoms with Crippen LogP contribution >= 0.6 is 0 Å². The van der Waals surface area contributed by atoms with Crippen molar-refractivity contribution in [2.24, 2.45) is 0 Å². The molecule has 1 rings (SSSR count). The molecule has 70 valence electrons. The van der Waals surface area contributed by atoms with Gasteiger partial charge >= 0.3 is 5.97 Å². The first-order valence-corrected chi connectivity index (χ1v) is 3.86. The van der Waals surface area contributed by atoms with E-state index < -0.39 is 12.0 Å². The second kappa shape index (κ2) is 3.43. The molecule has 0 bridgehead atoms. The number of nitrogens with zero attached hydrogens (tertiary/aromatic N) is 1. The molecule has 0 N–H and O–H groups in total. The Balaban J connectivity index is 2.78. The molecule has 0 aromatic carbocycles. The highest BCUT2D eigenvalue weighted by atomic mass is 16.5. The van der Waals surface area contributed by atoms with E-state index in [1.807, 2.05) is 0 Å². The Morgan fingerprint density at radius 3 is 2.62 bits per heavy atom. The SMILES string of the molecule is C=C1C=CC(=O)N1[C@@H](C)C(=O)OC. The van der Waals surface area contributed by atoms with E-state index in [4.69, 9.17) is 0 Å². The van der Waals surface area contributed by atoms with Crippen LogP contribution in [0.3, 0.4) is 0 Å². The minimum Gasteiger partial charge on any atom is -0.467 e. The fourth-order valence-corrected chi connectivity index (χ4v) is 1.19. The summed E-state index contributed by atoms with van der Waals surface area (Å²) in [6.07, 6.45) is 2.95. The summed E-state index contributed by atoms with van der Waals surface area (Å²) in [5.41, 5.74) is 0.517. The molecule has 0 spiro atoms. The molecule has 0 aromatic rings. The van der Waals surface area contributed by atoms with Gasteiger partial charge in [-0.2, -0.15) is 0 Å². The predicted octanol–water partition coefficient (Wildman–Crippen LogP) is 0.460. The number of hydrogen-bond donors (Lipinski definition) is 0. The fourth-order valence-electron chi connectivity index (χ4n) is 1.19. The molecule has 4 nitrogen and oxygen atoms in total. The summed E-state index contributed by atoms with van der Waals surface area (Å²) >= 11 is 0. The van der Waals surface area contributed by atoms with Gasteiger partial charge in [-0.1, -0.05) is 6.58 Å². The molecular formula is C9H11NO3. The summed E-state index contributed by atoms with van der Waals surface area (Å²) in [4.78, 5) is 23.6. The molecule has 0 radical (unpaired) electrons. The molecule has 0 aromatic heterocycles. The number of hydrogen-bond acceptors (Lipinski definition) is 3. The Kier molecular flexibility index (Phi) is 2.51. The number of rotatable bonds is 2. The predicted molar refractivity (Wildman–Crippen MR) is 46.6 cm³/mol. The summed E-state index contributed by atoms with van der Waals surface area (Å²) in [6.45, 7) is 5.23. The molecule has 1 aliphatic rings. The van der Waals surface area contributed by atoms with E-state index in [2.05, 4.69) is 11.3 Å². The highest BCUT2D eigenvalue weighted by Gasteiger charge is 2.29. The van der Waals surface area contributed by atoms with Gasteiger partial charge < -0.3 is 4.74 Å². The van der Waals surface area contributed by atoms with Gasteiger partial charge in [0.15, 0.2) is 0 Å². The Morgan fingerprint density at radius 1 is 1.62 bits per heavy atom. The summed E-state index contributed by atoms with van der Waals surface area (Å²) in [6, 6.07) is -0.611. The molecule has 13 heavy (non-hydrogen) atoms. The molecule has 0 saturated heterocycles. The van der Waals surface area contributed by atoms with Crippen molar-refractivity contribution in [1.82, 2.24) is 4.90 Å². The van der Waals surface area contributed by atoms with Crippen LogP contribution in [-0.2, 0) is 14.3 Å². The summed E-state index contributed by atoms with van der Waals surface area (Å²) in [5.74, 6) is -0.680. The van der Waals surface area contributed by atoms with Crippen LogP contribution < -0.4 is 0 Å². The van der Waals surface area contributed by atoms with Gasteiger partial charge in [0.25, 0.3) is 5.91 Å². The van der Waals surface area contributed by atoms with Gasteiger partial charge in [0.05, 0.1) is 7.11 Å². The van der Waals surface area contributed by atoms with Crippen molar-refractivity contribution in [2.75, 3.05) is 7.11 Å². The lowest BCUT2D eigenvalue weighted by molar-refractivity contribution is -0.148. The molecule has 0 saturated carbocycles. The number of esters is 1. The maximum Gasteiger partial charge on any atom is 0.328 e. The van der Waals surface area contributed by atoms with E-state index >= 15 is 0 Å². The lowest BCUT2D eigenvalue weighted by Crippen LogP contribution is -2.39. The summed E-state index contributed by atoms with van der Waals surface area (Å²) in [5, 5.41) is 0.